The minimum Gasteiger partial charge on any atom is -0.460 e. The molecule has 0 atom stereocenters. The van der Waals surface area contributed by atoms with Crippen LogP contribution in [0.1, 0.15) is 37.0 Å². The maximum absolute atomic E-state index is 11.7. The number of hydrogen-bond acceptors (Lipinski definition) is 4. The van der Waals surface area contributed by atoms with Crippen LogP contribution in [0.4, 0.5) is 0 Å². The molecular formula is C11H15NO2S. The minimum absolute atomic E-state index is 0.0249. The molecule has 15 heavy (non-hydrogen) atoms. The number of esters is 1. The van der Waals surface area contributed by atoms with Gasteiger partial charge < -0.3 is 4.74 Å². The van der Waals surface area contributed by atoms with Crippen molar-refractivity contribution in [2.24, 2.45) is 5.92 Å². The lowest BCUT2D eigenvalue weighted by molar-refractivity contribution is -0.150. The highest BCUT2D eigenvalue weighted by molar-refractivity contribution is 7.09. The Morgan fingerprint density at radius 3 is 2.93 bits per heavy atom. The maximum atomic E-state index is 11.7. The van der Waals surface area contributed by atoms with Crippen molar-refractivity contribution in [3.8, 4) is 0 Å². The minimum atomic E-state index is -0.0249. The van der Waals surface area contributed by atoms with Gasteiger partial charge in [0, 0.05) is 6.20 Å². The monoisotopic (exact) mass is 225 g/mol. The lowest BCUT2D eigenvalue weighted by Gasteiger charge is -2.19. The number of thiazole rings is 1. The summed E-state index contributed by atoms with van der Waals surface area (Å²) in [6.07, 6.45) is 7.35. The Labute approximate surface area is 93.5 Å². The van der Waals surface area contributed by atoms with Gasteiger partial charge in [-0.05, 0) is 12.8 Å². The molecule has 0 aromatic carbocycles. The van der Waals surface area contributed by atoms with Gasteiger partial charge >= 0.3 is 5.97 Å². The molecule has 0 amide bonds. The summed E-state index contributed by atoms with van der Waals surface area (Å²) < 4.78 is 5.26. The van der Waals surface area contributed by atoms with E-state index in [4.69, 9.17) is 4.74 Å². The molecule has 1 aliphatic rings. The zero-order valence-electron chi connectivity index (χ0n) is 8.65. The van der Waals surface area contributed by atoms with Crippen molar-refractivity contribution in [1.82, 2.24) is 4.98 Å². The van der Waals surface area contributed by atoms with E-state index < -0.39 is 0 Å². The third kappa shape index (κ3) is 3.02. The summed E-state index contributed by atoms with van der Waals surface area (Å²) in [7, 11) is 0. The maximum Gasteiger partial charge on any atom is 0.309 e. The Hall–Kier alpha value is -0.900. The molecule has 1 aromatic rings. The summed E-state index contributed by atoms with van der Waals surface area (Å²) in [5.74, 6) is 0.120. The number of rotatable bonds is 3. The van der Waals surface area contributed by atoms with Gasteiger partial charge in [0.05, 0.1) is 16.3 Å². The second kappa shape index (κ2) is 5.26. The molecule has 0 N–H and O–H groups in total. The van der Waals surface area contributed by atoms with E-state index in [-0.39, 0.29) is 11.9 Å². The fourth-order valence-corrected chi connectivity index (χ4v) is 2.42. The number of carbonyl (C=O) groups is 1. The highest BCUT2D eigenvalue weighted by Gasteiger charge is 2.22. The first-order chi connectivity index (χ1) is 7.36. The number of ether oxygens (including phenoxy) is 1. The van der Waals surface area contributed by atoms with Crippen molar-refractivity contribution in [3.05, 3.63) is 16.6 Å². The van der Waals surface area contributed by atoms with Crippen molar-refractivity contribution in [2.45, 2.75) is 38.7 Å². The zero-order chi connectivity index (χ0) is 10.5. The van der Waals surface area contributed by atoms with E-state index in [1.807, 2.05) is 0 Å². The summed E-state index contributed by atoms with van der Waals surface area (Å²) in [6.45, 7) is 0.389. The first-order valence-corrected chi connectivity index (χ1v) is 6.28. The van der Waals surface area contributed by atoms with Crippen LogP contribution in [0.15, 0.2) is 11.7 Å². The van der Waals surface area contributed by atoms with Gasteiger partial charge in [0.25, 0.3) is 0 Å². The third-order valence-electron chi connectivity index (χ3n) is 2.78. The molecule has 0 spiro atoms. The van der Waals surface area contributed by atoms with Crippen LogP contribution in [0.25, 0.3) is 0 Å². The first kappa shape index (κ1) is 10.6. The van der Waals surface area contributed by atoms with Crippen molar-refractivity contribution in [1.29, 1.82) is 0 Å². The van der Waals surface area contributed by atoms with E-state index in [1.54, 1.807) is 11.7 Å². The predicted octanol–water partition coefficient (Wildman–Crippen LogP) is 2.77. The Kier molecular flexibility index (Phi) is 3.72. The van der Waals surface area contributed by atoms with Gasteiger partial charge in [-0.1, -0.05) is 19.3 Å². The molecule has 0 radical (unpaired) electrons. The summed E-state index contributed by atoms with van der Waals surface area (Å²) in [5.41, 5.74) is 1.75. The standard InChI is InChI=1S/C11H15NO2S/c13-11(9-4-2-1-3-5-9)14-7-10-6-12-8-15-10/h6,8-9H,1-5,7H2. The molecule has 1 aromatic heterocycles. The van der Waals surface area contributed by atoms with Gasteiger partial charge in [-0.3, -0.25) is 9.78 Å². The van der Waals surface area contributed by atoms with Gasteiger partial charge in [-0.15, -0.1) is 11.3 Å². The fraction of sp³-hybridized carbons (Fsp3) is 0.636. The molecule has 1 heterocycles. The van der Waals surface area contributed by atoms with Crippen LogP contribution >= 0.6 is 11.3 Å². The Balaban J connectivity index is 1.76. The van der Waals surface area contributed by atoms with Crippen LogP contribution in [0, 0.1) is 5.92 Å². The quantitative estimate of drug-likeness (QED) is 0.742. The van der Waals surface area contributed by atoms with Gasteiger partial charge in [0.1, 0.15) is 6.61 Å². The second-order valence-electron chi connectivity index (χ2n) is 3.91. The largest absolute Gasteiger partial charge is 0.460 e. The Morgan fingerprint density at radius 2 is 2.27 bits per heavy atom. The molecule has 1 saturated carbocycles. The number of hydrogen-bond donors (Lipinski definition) is 0. The van der Waals surface area contributed by atoms with E-state index in [2.05, 4.69) is 4.98 Å². The molecular weight excluding hydrogens is 210 g/mol. The van der Waals surface area contributed by atoms with Crippen LogP contribution < -0.4 is 0 Å². The molecule has 4 heteroatoms. The molecule has 0 unspecified atom stereocenters. The SMILES string of the molecule is O=C(OCc1cncs1)C1CCCCC1. The summed E-state index contributed by atoms with van der Waals surface area (Å²) in [4.78, 5) is 16.6. The highest BCUT2D eigenvalue weighted by Crippen LogP contribution is 2.25. The van der Waals surface area contributed by atoms with E-state index in [1.165, 1.54) is 30.6 Å². The molecule has 0 saturated heterocycles. The summed E-state index contributed by atoms with van der Waals surface area (Å²) >= 11 is 1.52. The molecule has 3 nitrogen and oxygen atoms in total. The van der Waals surface area contributed by atoms with Crippen molar-refractivity contribution in [2.75, 3.05) is 0 Å². The van der Waals surface area contributed by atoms with Crippen LogP contribution in [-0.2, 0) is 16.1 Å². The zero-order valence-corrected chi connectivity index (χ0v) is 9.46. The predicted molar refractivity (Wildman–Crippen MR) is 58.5 cm³/mol. The van der Waals surface area contributed by atoms with Crippen molar-refractivity contribution in [3.63, 3.8) is 0 Å². The lowest BCUT2D eigenvalue weighted by Crippen LogP contribution is -2.19. The van der Waals surface area contributed by atoms with Gasteiger partial charge in [0.15, 0.2) is 0 Å². The molecule has 82 valence electrons. The molecule has 1 aliphatic carbocycles. The van der Waals surface area contributed by atoms with E-state index in [9.17, 15) is 4.79 Å². The topological polar surface area (TPSA) is 39.2 Å². The average molecular weight is 225 g/mol. The molecule has 2 rings (SSSR count). The average Bonchev–Trinajstić information content (AvgIpc) is 2.80. The van der Waals surface area contributed by atoms with E-state index >= 15 is 0 Å². The molecule has 1 fully saturated rings. The van der Waals surface area contributed by atoms with Gasteiger partial charge in [0.2, 0.25) is 0 Å². The number of carbonyl (C=O) groups excluding carboxylic acids is 1. The van der Waals surface area contributed by atoms with Crippen LogP contribution in [-0.4, -0.2) is 11.0 Å². The van der Waals surface area contributed by atoms with Crippen LogP contribution in [0.3, 0.4) is 0 Å². The Bertz CT molecular complexity index is 304. The first-order valence-electron chi connectivity index (χ1n) is 5.40. The number of aromatic nitrogens is 1. The van der Waals surface area contributed by atoms with Gasteiger partial charge in [-0.25, -0.2) is 0 Å². The van der Waals surface area contributed by atoms with Crippen LogP contribution in [0.5, 0.6) is 0 Å². The lowest BCUT2D eigenvalue weighted by atomic mass is 9.89. The van der Waals surface area contributed by atoms with Crippen molar-refractivity contribution < 1.29 is 9.53 Å². The molecule has 0 bridgehead atoms. The number of nitrogens with zero attached hydrogens (tertiary/aromatic N) is 1. The second-order valence-corrected chi connectivity index (χ2v) is 4.88. The van der Waals surface area contributed by atoms with Crippen LogP contribution in [0.2, 0.25) is 0 Å². The molecule has 0 aliphatic heterocycles. The normalized spacial score (nSPS) is 17.6. The fourth-order valence-electron chi connectivity index (χ4n) is 1.91. The van der Waals surface area contributed by atoms with E-state index in [0.717, 1.165) is 17.7 Å². The summed E-state index contributed by atoms with van der Waals surface area (Å²) in [5, 5.41) is 0. The Morgan fingerprint density at radius 1 is 1.47 bits per heavy atom. The summed E-state index contributed by atoms with van der Waals surface area (Å²) in [6, 6.07) is 0. The third-order valence-corrected chi connectivity index (χ3v) is 3.53. The van der Waals surface area contributed by atoms with Crippen molar-refractivity contribution >= 4 is 17.3 Å². The van der Waals surface area contributed by atoms with E-state index in [0.29, 0.717) is 6.61 Å². The smallest absolute Gasteiger partial charge is 0.309 e. The van der Waals surface area contributed by atoms with Gasteiger partial charge in [-0.2, -0.15) is 0 Å². The highest BCUT2D eigenvalue weighted by atomic mass is 32.1.